The molecule has 0 aliphatic carbocycles. The van der Waals surface area contributed by atoms with E-state index in [1.54, 1.807) is 0 Å². The average Bonchev–Trinajstić information content (AvgIpc) is 2.34. The minimum atomic E-state index is 1.02. The topological polar surface area (TPSA) is 28.2 Å². The van der Waals surface area contributed by atoms with Crippen molar-refractivity contribution < 1.29 is 0 Å². The second-order valence-electron chi connectivity index (χ2n) is 3.97. The Morgan fingerprint density at radius 1 is 1.19 bits per heavy atom. The van der Waals surface area contributed by atoms with Crippen molar-refractivity contribution in [2.24, 2.45) is 0 Å². The molecule has 0 aliphatic heterocycles. The van der Waals surface area contributed by atoms with Crippen molar-refractivity contribution in [1.82, 2.24) is 15.2 Å². The van der Waals surface area contributed by atoms with E-state index in [1.165, 1.54) is 12.0 Å². The molecule has 1 N–H and O–H groups in total. The molecule has 1 aromatic rings. The largest absolute Gasteiger partial charge is 0.315 e. The van der Waals surface area contributed by atoms with E-state index in [9.17, 15) is 0 Å². The van der Waals surface area contributed by atoms with Gasteiger partial charge in [-0.1, -0.05) is 13.8 Å². The van der Waals surface area contributed by atoms with Gasteiger partial charge >= 0.3 is 0 Å². The Morgan fingerprint density at radius 3 is 2.56 bits per heavy atom. The van der Waals surface area contributed by atoms with Crippen LogP contribution in [0.5, 0.6) is 0 Å². The number of likely N-dealkylation sites (N-methyl/N-ethyl adjacent to an activating group) is 1. The summed E-state index contributed by atoms with van der Waals surface area (Å²) in [4.78, 5) is 6.48. The zero-order valence-corrected chi connectivity index (χ0v) is 10.4. The van der Waals surface area contributed by atoms with Gasteiger partial charge in [-0.25, -0.2) is 0 Å². The van der Waals surface area contributed by atoms with Crippen LogP contribution in [0.4, 0.5) is 0 Å². The first kappa shape index (κ1) is 13.1. The fraction of sp³-hybridized carbons (Fsp3) is 0.615. The third-order valence-electron chi connectivity index (χ3n) is 2.63. The Bertz CT molecular complexity index is 261. The van der Waals surface area contributed by atoms with E-state index in [0.29, 0.717) is 0 Å². The SMILES string of the molecule is CCCNCCN(CC)Cc1ccncc1. The molecule has 0 unspecified atom stereocenters. The van der Waals surface area contributed by atoms with E-state index in [1.807, 2.05) is 12.4 Å². The van der Waals surface area contributed by atoms with Crippen LogP contribution in [0.15, 0.2) is 24.5 Å². The van der Waals surface area contributed by atoms with Crippen LogP contribution in [0.25, 0.3) is 0 Å². The summed E-state index contributed by atoms with van der Waals surface area (Å²) in [5.74, 6) is 0. The van der Waals surface area contributed by atoms with E-state index in [0.717, 1.165) is 32.7 Å². The molecule has 1 aromatic heterocycles. The molecule has 0 aromatic carbocycles. The van der Waals surface area contributed by atoms with E-state index in [-0.39, 0.29) is 0 Å². The summed E-state index contributed by atoms with van der Waals surface area (Å²) in [6.45, 7) is 9.82. The molecule has 16 heavy (non-hydrogen) atoms. The molecule has 3 heteroatoms. The highest BCUT2D eigenvalue weighted by Crippen LogP contribution is 2.01. The summed E-state index contributed by atoms with van der Waals surface area (Å²) < 4.78 is 0. The van der Waals surface area contributed by atoms with Crippen molar-refractivity contribution in [2.75, 3.05) is 26.2 Å². The molecule has 0 saturated carbocycles. The van der Waals surface area contributed by atoms with Crippen molar-refractivity contribution in [3.8, 4) is 0 Å². The van der Waals surface area contributed by atoms with Crippen LogP contribution in [0, 0.1) is 0 Å². The summed E-state index contributed by atoms with van der Waals surface area (Å²) in [6.07, 6.45) is 4.92. The molecule has 0 atom stereocenters. The lowest BCUT2D eigenvalue weighted by molar-refractivity contribution is 0.279. The van der Waals surface area contributed by atoms with Gasteiger partial charge in [0.2, 0.25) is 0 Å². The third kappa shape index (κ3) is 5.24. The standard InChI is InChI=1S/C13H23N3/c1-3-7-14-10-11-16(4-2)12-13-5-8-15-9-6-13/h5-6,8-9,14H,3-4,7,10-12H2,1-2H3. The number of hydrogen-bond donors (Lipinski definition) is 1. The van der Waals surface area contributed by atoms with Crippen LogP contribution in [0.1, 0.15) is 25.8 Å². The van der Waals surface area contributed by atoms with Gasteiger partial charge in [-0.3, -0.25) is 9.88 Å². The van der Waals surface area contributed by atoms with E-state index < -0.39 is 0 Å². The zero-order valence-electron chi connectivity index (χ0n) is 10.4. The summed E-state index contributed by atoms with van der Waals surface area (Å²) in [6, 6.07) is 4.17. The molecule has 0 amide bonds. The molecular weight excluding hydrogens is 198 g/mol. The maximum absolute atomic E-state index is 4.03. The number of nitrogens with one attached hydrogen (secondary N) is 1. The molecule has 0 bridgehead atoms. The van der Waals surface area contributed by atoms with Crippen molar-refractivity contribution in [2.45, 2.75) is 26.8 Å². The summed E-state index contributed by atoms with van der Waals surface area (Å²) in [5, 5.41) is 3.43. The van der Waals surface area contributed by atoms with E-state index in [4.69, 9.17) is 0 Å². The van der Waals surface area contributed by atoms with Gasteiger partial charge in [-0.05, 0) is 37.2 Å². The van der Waals surface area contributed by atoms with Crippen LogP contribution in [-0.4, -0.2) is 36.1 Å². The van der Waals surface area contributed by atoms with Crippen molar-refractivity contribution in [3.63, 3.8) is 0 Å². The number of rotatable bonds is 8. The van der Waals surface area contributed by atoms with Gasteiger partial charge in [0, 0.05) is 32.0 Å². The Morgan fingerprint density at radius 2 is 1.94 bits per heavy atom. The predicted octanol–water partition coefficient (Wildman–Crippen LogP) is 1.90. The van der Waals surface area contributed by atoms with Gasteiger partial charge in [0.05, 0.1) is 0 Å². The molecule has 1 heterocycles. The fourth-order valence-corrected chi connectivity index (χ4v) is 1.63. The minimum absolute atomic E-state index is 1.02. The first-order valence-corrected chi connectivity index (χ1v) is 6.18. The molecule has 1 rings (SSSR count). The fourth-order valence-electron chi connectivity index (χ4n) is 1.63. The number of nitrogens with zero attached hydrogens (tertiary/aromatic N) is 2. The molecule has 3 nitrogen and oxygen atoms in total. The van der Waals surface area contributed by atoms with Gasteiger partial charge in [0.15, 0.2) is 0 Å². The van der Waals surface area contributed by atoms with Crippen molar-refractivity contribution >= 4 is 0 Å². The average molecular weight is 221 g/mol. The molecular formula is C13H23N3. The Balaban J connectivity index is 2.26. The quantitative estimate of drug-likeness (QED) is 0.680. The summed E-state index contributed by atoms with van der Waals surface area (Å²) in [7, 11) is 0. The first-order valence-electron chi connectivity index (χ1n) is 6.18. The van der Waals surface area contributed by atoms with Crippen molar-refractivity contribution in [3.05, 3.63) is 30.1 Å². The van der Waals surface area contributed by atoms with Crippen LogP contribution in [-0.2, 0) is 6.54 Å². The van der Waals surface area contributed by atoms with Gasteiger partial charge in [0.1, 0.15) is 0 Å². The lowest BCUT2D eigenvalue weighted by Gasteiger charge is -2.20. The van der Waals surface area contributed by atoms with Gasteiger partial charge < -0.3 is 5.32 Å². The molecule has 0 spiro atoms. The summed E-state index contributed by atoms with van der Waals surface area (Å²) >= 11 is 0. The lowest BCUT2D eigenvalue weighted by atomic mass is 10.2. The predicted molar refractivity (Wildman–Crippen MR) is 68.3 cm³/mol. The van der Waals surface area contributed by atoms with Crippen LogP contribution >= 0.6 is 0 Å². The van der Waals surface area contributed by atoms with E-state index in [2.05, 4.69) is 41.2 Å². The minimum Gasteiger partial charge on any atom is -0.315 e. The summed E-state index contributed by atoms with van der Waals surface area (Å²) in [5.41, 5.74) is 1.34. The maximum atomic E-state index is 4.03. The van der Waals surface area contributed by atoms with Crippen molar-refractivity contribution in [1.29, 1.82) is 0 Å². The highest BCUT2D eigenvalue weighted by Gasteiger charge is 2.02. The van der Waals surface area contributed by atoms with Crippen LogP contribution in [0.3, 0.4) is 0 Å². The number of aromatic nitrogens is 1. The Hall–Kier alpha value is -0.930. The highest BCUT2D eigenvalue weighted by molar-refractivity contribution is 5.09. The Labute approximate surface area is 98.9 Å². The number of pyridine rings is 1. The normalized spacial score (nSPS) is 10.9. The number of hydrogen-bond acceptors (Lipinski definition) is 3. The molecule has 0 radical (unpaired) electrons. The van der Waals surface area contributed by atoms with Crippen LogP contribution < -0.4 is 5.32 Å². The molecule has 0 saturated heterocycles. The first-order chi connectivity index (χ1) is 7.86. The maximum Gasteiger partial charge on any atom is 0.0271 e. The third-order valence-corrected chi connectivity index (χ3v) is 2.63. The highest BCUT2D eigenvalue weighted by atomic mass is 15.1. The second-order valence-corrected chi connectivity index (χ2v) is 3.97. The van der Waals surface area contributed by atoms with Gasteiger partial charge in [-0.2, -0.15) is 0 Å². The van der Waals surface area contributed by atoms with Crippen LogP contribution in [0.2, 0.25) is 0 Å². The molecule has 90 valence electrons. The molecule has 0 aliphatic rings. The second kappa shape index (κ2) is 8.25. The smallest absolute Gasteiger partial charge is 0.0271 e. The van der Waals surface area contributed by atoms with Gasteiger partial charge in [0.25, 0.3) is 0 Å². The molecule has 0 fully saturated rings. The lowest BCUT2D eigenvalue weighted by Crippen LogP contribution is -2.32. The van der Waals surface area contributed by atoms with E-state index >= 15 is 0 Å². The zero-order chi connectivity index (χ0) is 11.6. The Kier molecular flexibility index (Phi) is 6.77. The van der Waals surface area contributed by atoms with Gasteiger partial charge in [-0.15, -0.1) is 0 Å². The monoisotopic (exact) mass is 221 g/mol.